The highest BCUT2D eigenvalue weighted by molar-refractivity contribution is 14.1. The van der Waals surface area contributed by atoms with Gasteiger partial charge in [-0.05, 0) is 18.1 Å². The predicted molar refractivity (Wildman–Crippen MR) is 83.8 cm³/mol. The summed E-state index contributed by atoms with van der Waals surface area (Å²) in [5.41, 5.74) is 1.05. The summed E-state index contributed by atoms with van der Waals surface area (Å²) < 4.78 is 18.2. The molecule has 1 aliphatic heterocycles. The van der Waals surface area contributed by atoms with Crippen molar-refractivity contribution in [1.29, 1.82) is 0 Å². The Balaban J connectivity index is 2.08. The van der Waals surface area contributed by atoms with Crippen LogP contribution in [0.2, 0.25) is 0 Å². The lowest BCUT2D eigenvalue weighted by atomic mass is 9.94. The van der Waals surface area contributed by atoms with Crippen molar-refractivity contribution in [3.05, 3.63) is 29.8 Å². The van der Waals surface area contributed by atoms with Gasteiger partial charge in [0, 0.05) is 15.9 Å². The Morgan fingerprint density at radius 1 is 1.37 bits per heavy atom. The first kappa shape index (κ1) is 15.1. The van der Waals surface area contributed by atoms with Crippen molar-refractivity contribution < 1.29 is 14.2 Å². The second kappa shape index (κ2) is 6.90. The van der Waals surface area contributed by atoms with E-state index in [1.54, 1.807) is 7.11 Å². The van der Waals surface area contributed by atoms with Crippen molar-refractivity contribution in [3.63, 3.8) is 0 Å². The van der Waals surface area contributed by atoms with Crippen molar-refractivity contribution in [3.8, 4) is 5.75 Å². The molecule has 0 aliphatic carbocycles. The molecule has 0 N–H and O–H groups in total. The summed E-state index contributed by atoms with van der Waals surface area (Å²) >= 11 is 2.42. The Kier molecular flexibility index (Phi) is 5.47. The minimum Gasteiger partial charge on any atom is -0.497 e. The first-order valence-corrected chi connectivity index (χ1v) is 8.15. The molecule has 0 aromatic heterocycles. The molecule has 1 aromatic carbocycles. The monoisotopic (exact) mass is 376 g/mol. The molecule has 4 heteroatoms. The van der Waals surface area contributed by atoms with Crippen molar-refractivity contribution in [2.45, 2.75) is 26.2 Å². The van der Waals surface area contributed by atoms with E-state index in [1.165, 1.54) is 0 Å². The fourth-order valence-electron chi connectivity index (χ4n) is 2.37. The van der Waals surface area contributed by atoms with E-state index in [-0.39, 0.29) is 12.4 Å². The number of alkyl halides is 1. The third-order valence-electron chi connectivity index (χ3n) is 3.54. The van der Waals surface area contributed by atoms with Crippen LogP contribution in [0, 0.1) is 11.8 Å². The maximum absolute atomic E-state index is 6.14. The van der Waals surface area contributed by atoms with Crippen molar-refractivity contribution in [2.24, 2.45) is 11.8 Å². The van der Waals surface area contributed by atoms with E-state index in [1.807, 2.05) is 24.3 Å². The fraction of sp³-hybridized carbons (Fsp3) is 0.600. The van der Waals surface area contributed by atoms with E-state index in [4.69, 9.17) is 14.2 Å². The van der Waals surface area contributed by atoms with Gasteiger partial charge in [-0.1, -0.05) is 48.6 Å². The molecule has 0 radical (unpaired) electrons. The standard InChI is InChI=1S/C15H21IO3/c1-10(8-16)14-11(2)9-18-15(19-14)12-4-6-13(17-3)7-5-12/h4-7,10-11,14-15H,8-9H2,1-3H3/t10-,11+,14+,15-/m1/s1. The summed E-state index contributed by atoms with van der Waals surface area (Å²) in [6.45, 7) is 5.18. The summed E-state index contributed by atoms with van der Waals surface area (Å²) in [6, 6.07) is 7.89. The quantitative estimate of drug-likeness (QED) is 0.591. The van der Waals surface area contributed by atoms with E-state index in [2.05, 4.69) is 36.4 Å². The van der Waals surface area contributed by atoms with E-state index in [9.17, 15) is 0 Å². The summed E-state index contributed by atoms with van der Waals surface area (Å²) in [4.78, 5) is 0. The largest absolute Gasteiger partial charge is 0.497 e. The minimum absolute atomic E-state index is 0.252. The molecular formula is C15H21IO3. The van der Waals surface area contributed by atoms with Crippen molar-refractivity contribution in [1.82, 2.24) is 0 Å². The predicted octanol–water partition coefficient (Wildman–Crippen LogP) is 3.82. The van der Waals surface area contributed by atoms with Gasteiger partial charge in [0.2, 0.25) is 0 Å². The number of benzene rings is 1. The number of ether oxygens (including phenoxy) is 3. The van der Waals surface area contributed by atoms with E-state index in [0.29, 0.717) is 11.8 Å². The summed E-state index contributed by atoms with van der Waals surface area (Å²) in [6.07, 6.45) is 0.00950. The van der Waals surface area contributed by atoms with Gasteiger partial charge in [0.25, 0.3) is 0 Å². The second-order valence-electron chi connectivity index (χ2n) is 5.15. The Hall–Kier alpha value is -0.330. The van der Waals surface area contributed by atoms with Crippen LogP contribution in [0.15, 0.2) is 24.3 Å². The van der Waals surface area contributed by atoms with Gasteiger partial charge in [-0.25, -0.2) is 0 Å². The zero-order chi connectivity index (χ0) is 13.8. The van der Waals surface area contributed by atoms with E-state index in [0.717, 1.165) is 22.3 Å². The average molecular weight is 376 g/mol. The first-order chi connectivity index (χ1) is 9.15. The van der Waals surface area contributed by atoms with Crippen LogP contribution in [0.5, 0.6) is 5.75 Å². The molecular weight excluding hydrogens is 355 g/mol. The Morgan fingerprint density at radius 2 is 2.05 bits per heavy atom. The van der Waals surface area contributed by atoms with E-state index < -0.39 is 0 Å². The molecule has 106 valence electrons. The first-order valence-electron chi connectivity index (χ1n) is 6.62. The van der Waals surface area contributed by atoms with E-state index >= 15 is 0 Å². The van der Waals surface area contributed by atoms with Gasteiger partial charge in [-0.15, -0.1) is 0 Å². The van der Waals surface area contributed by atoms with Crippen LogP contribution in [0.4, 0.5) is 0 Å². The van der Waals surface area contributed by atoms with Gasteiger partial charge in [-0.2, -0.15) is 0 Å². The van der Waals surface area contributed by atoms with Crippen LogP contribution >= 0.6 is 22.6 Å². The number of hydrogen-bond donors (Lipinski definition) is 0. The third-order valence-corrected chi connectivity index (χ3v) is 4.93. The molecule has 1 heterocycles. The molecule has 0 bridgehead atoms. The molecule has 1 fully saturated rings. The van der Waals surface area contributed by atoms with Gasteiger partial charge in [0.05, 0.1) is 19.8 Å². The number of rotatable bonds is 4. The zero-order valence-electron chi connectivity index (χ0n) is 11.6. The van der Waals surface area contributed by atoms with Gasteiger partial charge >= 0.3 is 0 Å². The number of methoxy groups -OCH3 is 1. The van der Waals surface area contributed by atoms with Gasteiger partial charge in [-0.3, -0.25) is 0 Å². The fourth-order valence-corrected chi connectivity index (χ4v) is 2.87. The van der Waals surface area contributed by atoms with Crippen LogP contribution in [-0.2, 0) is 9.47 Å². The molecule has 4 atom stereocenters. The summed E-state index contributed by atoms with van der Waals surface area (Å²) in [7, 11) is 1.67. The third kappa shape index (κ3) is 3.61. The van der Waals surface area contributed by atoms with Crippen LogP contribution in [0.1, 0.15) is 25.7 Å². The van der Waals surface area contributed by atoms with Gasteiger partial charge in [0.1, 0.15) is 5.75 Å². The Morgan fingerprint density at radius 3 is 2.63 bits per heavy atom. The minimum atomic E-state index is -0.252. The molecule has 0 amide bonds. The molecule has 0 saturated carbocycles. The Labute approximate surface area is 128 Å². The second-order valence-corrected chi connectivity index (χ2v) is 6.03. The molecule has 1 saturated heterocycles. The Bertz CT molecular complexity index is 389. The molecule has 0 unspecified atom stereocenters. The van der Waals surface area contributed by atoms with Gasteiger partial charge < -0.3 is 14.2 Å². The molecule has 2 rings (SSSR count). The van der Waals surface area contributed by atoms with Crippen LogP contribution in [0.25, 0.3) is 0 Å². The topological polar surface area (TPSA) is 27.7 Å². The SMILES string of the molecule is COc1ccc([C@@H]2OC[C@H](C)[C@H]([C@H](C)CI)O2)cc1. The lowest BCUT2D eigenvalue weighted by Gasteiger charge is -2.37. The highest BCUT2D eigenvalue weighted by Gasteiger charge is 2.33. The molecule has 19 heavy (non-hydrogen) atoms. The maximum atomic E-state index is 6.14. The van der Waals surface area contributed by atoms with Crippen LogP contribution in [-0.4, -0.2) is 24.2 Å². The molecule has 1 aromatic rings. The van der Waals surface area contributed by atoms with Crippen LogP contribution in [0.3, 0.4) is 0 Å². The zero-order valence-corrected chi connectivity index (χ0v) is 13.8. The number of halogens is 1. The smallest absolute Gasteiger partial charge is 0.184 e. The normalized spacial score (nSPS) is 28.9. The lowest BCUT2D eigenvalue weighted by Crippen LogP contribution is -2.39. The van der Waals surface area contributed by atoms with Crippen molar-refractivity contribution in [2.75, 3.05) is 18.1 Å². The lowest BCUT2D eigenvalue weighted by molar-refractivity contribution is -0.247. The van der Waals surface area contributed by atoms with Gasteiger partial charge in [0.15, 0.2) is 6.29 Å². The van der Waals surface area contributed by atoms with Crippen molar-refractivity contribution >= 4 is 22.6 Å². The molecule has 3 nitrogen and oxygen atoms in total. The molecule has 0 spiro atoms. The summed E-state index contributed by atoms with van der Waals surface area (Å²) in [5.74, 6) is 1.84. The highest BCUT2D eigenvalue weighted by atomic mass is 127. The number of hydrogen-bond acceptors (Lipinski definition) is 3. The highest BCUT2D eigenvalue weighted by Crippen LogP contribution is 2.33. The summed E-state index contributed by atoms with van der Waals surface area (Å²) in [5, 5.41) is 0. The molecule has 1 aliphatic rings. The average Bonchev–Trinajstić information content (AvgIpc) is 2.47. The maximum Gasteiger partial charge on any atom is 0.184 e. The van der Waals surface area contributed by atoms with Crippen LogP contribution < -0.4 is 4.74 Å².